The maximum Gasteiger partial charge on any atom is 0.329 e. The molecule has 2 aromatic rings. The third-order valence-electron chi connectivity index (χ3n) is 4.30. The van der Waals surface area contributed by atoms with Crippen molar-refractivity contribution >= 4 is 17.1 Å². The Morgan fingerprint density at radius 1 is 1.17 bits per heavy atom. The van der Waals surface area contributed by atoms with E-state index < -0.39 is 5.69 Å². The molecule has 0 spiro atoms. The van der Waals surface area contributed by atoms with E-state index in [-0.39, 0.29) is 5.56 Å². The van der Waals surface area contributed by atoms with E-state index in [1.54, 1.807) is 7.05 Å². The summed E-state index contributed by atoms with van der Waals surface area (Å²) in [6.45, 7) is 6.08. The van der Waals surface area contributed by atoms with Crippen LogP contribution in [0.15, 0.2) is 21.7 Å². The molecule has 0 radical (unpaired) electrons. The van der Waals surface area contributed by atoms with E-state index in [2.05, 4.69) is 26.8 Å². The van der Waals surface area contributed by atoms with Gasteiger partial charge in [-0.05, 0) is 14.0 Å². The fraction of sp³-hybridized carbons (Fsp3) is 0.533. The second-order valence-corrected chi connectivity index (χ2v) is 5.87. The molecule has 8 heteroatoms. The summed E-state index contributed by atoms with van der Waals surface area (Å²) in [5.74, 6) is 0.748. The molecule has 23 heavy (non-hydrogen) atoms. The summed E-state index contributed by atoms with van der Waals surface area (Å²) < 4.78 is 3.28. The Hall–Kier alpha value is -2.35. The van der Waals surface area contributed by atoms with E-state index in [4.69, 9.17) is 0 Å². The molecule has 1 N–H and O–H groups in total. The second kappa shape index (κ2) is 6.04. The summed E-state index contributed by atoms with van der Waals surface area (Å²) in [4.78, 5) is 35.5. The standard InChI is InChI=1S/C15H22N6O2/c1-4-5-6-21-11-12(19(3)15(23)17-13(11)22)16-14(21)20-9-7-18(2)8-10-20/h4-5H,6-10H2,1-3H3,(H,17,22,23)/b5-4+. The number of likely N-dealkylation sites (N-methyl/N-ethyl adjacent to an activating group) is 1. The van der Waals surface area contributed by atoms with E-state index in [1.165, 1.54) is 4.57 Å². The number of hydrogen-bond acceptors (Lipinski definition) is 5. The average molecular weight is 318 g/mol. The largest absolute Gasteiger partial charge is 0.340 e. The molecule has 0 aliphatic carbocycles. The summed E-state index contributed by atoms with van der Waals surface area (Å²) in [7, 11) is 3.72. The number of hydrogen-bond donors (Lipinski definition) is 1. The van der Waals surface area contributed by atoms with Gasteiger partial charge >= 0.3 is 5.69 Å². The topological polar surface area (TPSA) is 79.2 Å². The molecule has 0 bridgehead atoms. The van der Waals surface area contributed by atoms with E-state index >= 15 is 0 Å². The fourth-order valence-electron chi connectivity index (χ4n) is 2.85. The smallest absolute Gasteiger partial charge is 0.329 e. The molecule has 124 valence electrons. The van der Waals surface area contributed by atoms with Gasteiger partial charge in [0.1, 0.15) is 0 Å². The number of piperazine rings is 1. The van der Waals surface area contributed by atoms with Crippen molar-refractivity contribution in [2.45, 2.75) is 13.5 Å². The van der Waals surface area contributed by atoms with E-state index in [1.807, 2.05) is 23.6 Å². The quantitative estimate of drug-likeness (QED) is 0.790. The minimum Gasteiger partial charge on any atom is -0.340 e. The van der Waals surface area contributed by atoms with Crippen molar-refractivity contribution in [3.63, 3.8) is 0 Å². The summed E-state index contributed by atoms with van der Waals surface area (Å²) >= 11 is 0. The Kier molecular flexibility index (Phi) is 4.08. The van der Waals surface area contributed by atoms with Crippen molar-refractivity contribution < 1.29 is 0 Å². The Bertz CT molecular complexity index is 851. The van der Waals surface area contributed by atoms with Crippen LogP contribution in [0, 0.1) is 0 Å². The third-order valence-corrected chi connectivity index (χ3v) is 4.30. The Labute approximate surface area is 133 Å². The maximum atomic E-state index is 12.3. The Morgan fingerprint density at radius 2 is 1.87 bits per heavy atom. The minimum absolute atomic E-state index is 0.388. The van der Waals surface area contributed by atoms with Crippen molar-refractivity contribution in [3.8, 4) is 0 Å². The van der Waals surface area contributed by atoms with Gasteiger partial charge in [0.05, 0.1) is 0 Å². The molecule has 2 aromatic heterocycles. The summed E-state index contributed by atoms with van der Waals surface area (Å²) in [6.07, 6.45) is 3.92. The molecular weight excluding hydrogens is 296 g/mol. The lowest BCUT2D eigenvalue weighted by molar-refractivity contribution is 0.310. The molecular formula is C15H22N6O2. The molecule has 1 fully saturated rings. The van der Waals surface area contributed by atoms with Gasteiger partial charge in [0, 0.05) is 39.8 Å². The molecule has 0 aromatic carbocycles. The van der Waals surface area contributed by atoms with Crippen LogP contribution >= 0.6 is 0 Å². The number of imidazole rings is 1. The highest BCUT2D eigenvalue weighted by molar-refractivity contribution is 5.74. The number of fused-ring (bicyclic) bond motifs is 1. The zero-order valence-corrected chi connectivity index (χ0v) is 13.7. The monoisotopic (exact) mass is 318 g/mol. The van der Waals surface area contributed by atoms with Crippen LogP contribution in [0.2, 0.25) is 0 Å². The van der Waals surface area contributed by atoms with Gasteiger partial charge in [0.2, 0.25) is 5.95 Å². The van der Waals surface area contributed by atoms with Gasteiger partial charge in [-0.1, -0.05) is 12.2 Å². The molecule has 0 amide bonds. The highest BCUT2D eigenvalue weighted by atomic mass is 16.2. The van der Waals surface area contributed by atoms with Crippen molar-refractivity contribution in [2.75, 3.05) is 38.1 Å². The lowest BCUT2D eigenvalue weighted by atomic mass is 10.3. The fourth-order valence-corrected chi connectivity index (χ4v) is 2.85. The van der Waals surface area contributed by atoms with E-state index in [0.29, 0.717) is 17.7 Å². The number of H-pyrrole nitrogens is 1. The summed E-state index contributed by atoms with van der Waals surface area (Å²) in [6, 6.07) is 0. The van der Waals surface area contributed by atoms with Crippen LogP contribution in [0.4, 0.5) is 5.95 Å². The van der Waals surface area contributed by atoms with Crippen molar-refractivity contribution in [2.24, 2.45) is 7.05 Å². The van der Waals surface area contributed by atoms with Gasteiger partial charge < -0.3 is 14.4 Å². The van der Waals surface area contributed by atoms with E-state index in [0.717, 1.165) is 32.1 Å². The number of nitrogens with one attached hydrogen (secondary N) is 1. The summed E-state index contributed by atoms with van der Waals surface area (Å²) in [5, 5.41) is 0. The predicted octanol–water partition coefficient (Wildman–Crippen LogP) is -0.249. The third kappa shape index (κ3) is 2.70. The molecule has 0 unspecified atom stereocenters. The van der Waals surface area contributed by atoms with Crippen molar-refractivity contribution in [1.29, 1.82) is 0 Å². The first-order valence-electron chi connectivity index (χ1n) is 7.77. The molecule has 0 saturated carbocycles. The van der Waals surface area contributed by atoms with Crippen LogP contribution in [0.25, 0.3) is 11.2 Å². The second-order valence-electron chi connectivity index (χ2n) is 5.87. The van der Waals surface area contributed by atoms with Crippen LogP contribution in [-0.4, -0.2) is 57.2 Å². The molecule has 0 atom stereocenters. The lowest BCUT2D eigenvalue weighted by Crippen LogP contribution is -2.45. The molecule has 3 rings (SSSR count). The molecule has 8 nitrogen and oxygen atoms in total. The Morgan fingerprint density at radius 3 is 2.52 bits per heavy atom. The highest BCUT2D eigenvalue weighted by Gasteiger charge is 2.23. The van der Waals surface area contributed by atoms with Crippen molar-refractivity contribution in [1.82, 2.24) is 24.0 Å². The normalized spacial score (nSPS) is 16.7. The first-order valence-corrected chi connectivity index (χ1v) is 7.77. The van der Waals surface area contributed by atoms with Gasteiger partial charge in [-0.3, -0.25) is 14.3 Å². The molecule has 1 aliphatic heterocycles. The van der Waals surface area contributed by atoms with Gasteiger partial charge in [-0.15, -0.1) is 0 Å². The van der Waals surface area contributed by atoms with E-state index in [9.17, 15) is 9.59 Å². The number of rotatable bonds is 3. The van der Waals surface area contributed by atoms with Gasteiger partial charge in [0.25, 0.3) is 5.56 Å². The highest BCUT2D eigenvalue weighted by Crippen LogP contribution is 2.20. The zero-order chi connectivity index (χ0) is 16.6. The molecule has 1 aliphatic rings. The van der Waals surface area contributed by atoms with Crippen LogP contribution in [0.3, 0.4) is 0 Å². The number of aromatic amines is 1. The zero-order valence-electron chi connectivity index (χ0n) is 13.7. The number of aromatic nitrogens is 4. The minimum atomic E-state index is -0.442. The number of aryl methyl sites for hydroxylation is 1. The van der Waals surface area contributed by atoms with Gasteiger partial charge in [0.15, 0.2) is 11.2 Å². The number of nitrogens with zero attached hydrogens (tertiary/aromatic N) is 5. The SMILES string of the molecule is C/C=C/Cn1c(N2CCN(C)CC2)nc2c1c(=O)[nH]c(=O)n2C. The van der Waals surface area contributed by atoms with Gasteiger partial charge in [-0.2, -0.15) is 4.98 Å². The first kappa shape index (κ1) is 15.5. The molecule has 1 saturated heterocycles. The first-order chi connectivity index (χ1) is 11.0. The van der Waals surface area contributed by atoms with Crippen molar-refractivity contribution in [3.05, 3.63) is 33.0 Å². The van der Waals surface area contributed by atoms with Gasteiger partial charge in [-0.25, -0.2) is 4.79 Å². The lowest BCUT2D eigenvalue weighted by Gasteiger charge is -2.33. The molecule has 3 heterocycles. The number of anilines is 1. The predicted molar refractivity (Wildman–Crippen MR) is 90.1 cm³/mol. The van der Waals surface area contributed by atoms with Crippen LogP contribution in [0.5, 0.6) is 0 Å². The van der Waals surface area contributed by atoms with Crippen LogP contribution in [-0.2, 0) is 13.6 Å². The Balaban J connectivity index is 2.20. The summed E-state index contributed by atoms with van der Waals surface area (Å²) in [5.41, 5.74) is 0.0416. The van der Waals surface area contributed by atoms with Crippen LogP contribution < -0.4 is 16.1 Å². The average Bonchev–Trinajstić information content (AvgIpc) is 2.91. The maximum absolute atomic E-state index is 12.3. The van der Waals surface area contributed by atoms with Crippen LogP contribution in [0.1, 0.15) is 6.92 Å². The number of allylic oxidation sites excluding steroid dienone is 2.